The number of hydrogen-bond donors (Lipinski definition) is 2. The van der Waals surface area contributed by atoms with E-state index in [9.17, 15) is 15.0 Å². The number of aliphatic hydroxyl groups excluding tert-OH is 2. The van der Waals surface area contributed by atoms with Crippen molar-refractivity contribution in [3.05, 3.63) is 17.8 Å². The first kappa shape index (κ1) is 14.2. The van der Waals surface area contributed by atoms with Crippen LogP contribution < -0.4 is 0 Å². The molecule has 0 bridgehead atoms. The molecule has 21 heavy (non-hydrogen) atoms. The third-order valence-electron chi connectivity index (χ3n) is 3.59. The average Bonchev–Trinajstić information content (AvgIpc) is 2.96. The van der Waals surface area contributed by atoms with Gasteiger partial charge in [0.25, 0.3) is 0 Å². The van der Waals surface area contributed by atoms with Crippen LogP contribution in [-0.4, -0.2) is 54.0 Å². The van der Waals surface area contributed by atoms with Gasteiger partial charge in [-0.3, -0.25) is 4.79 Å². The summed E-state index contributed by atoms with van der Waals surface area (Å²) in [5.74, 6) is -0.507. The molecule has 0 spiro atoms. The van der Waals surface area contributed by atoms with Crippen LogP contribution in [0.5, 0.6) is 0 Å². The van der Waals surface area contributed by atoms with Gasteiger partial charge in [-0.2, -0.15) is 0 Å². The van der Waals surface area contributed by atoms with Crippen LogP contribution in [0.4, 0.5) is 0 Å². The molecule has 4 unspecified atom stereocenters. The Bertz CT molecular complexity index is 691. The van der Waals surface area contributed by atoms with Gasteiger partial charge in [-0.05, 0) is 0 Å². The number of rotatable bonds is 2. The van der Waals surface area contributed by atoms with Gasteiger partial charge in [-0.25, -0.2) is 15.0 Å². The van der Waals surface area contributed by atoms with E-state index in [0.717, 1.165) is 0 Å². The second-order valence-corrected chi connectivity index (χ2v) is 5.28. The number of hydrogen-bond acceptors (Lipinski definition) is 7. The normalized spacial score (nSPS) is 29.0. The molecule has 2 aromatic rings. The first-order valence-electron chi connectivity index (χ1n) is 6.35. The zero-order chi connectivity index (χ0) is 15.1. The molecule has 1 aliphatic carbocycles. The minimum absolute atomic E-state index is 0.211. The third kappa shape index (κ3) is 2.35. The fourth-order valence-corrected chi connectivity index (χ4v) is 2.82. The van der Waals surface area contributed by atoms with Crippen LogP contribution in [0, 0.1) is 0 Å². The summed E-state index contributed by atoms with van der Waals surface area (Å²) in [6.45, 7) is 1.26. The van der Waals surface area contributed by atoms with E-state index in [-0.39, 0.29) is 11.6 Å². The van der Waals surface area contributed by atoms with E-state index < -0.39 is 30.3 Å². The Kier molecular flexibility index (Phi) is 3.52. The summed E-state index contributed by atoms with van der Waals surface area (Å²) < 4.78 is 6.63. The average molecular weight is 313 g/mol. The van der Waals surface area contributed by atoms with Crippen molar-refractivity contribution in [1.82, 2.24) is 19.5 Å². The number of nitrogens with zero attached hydrogens (tertiary/aromatic N) is 4. The van der Waals surface area contributed by atoms with Crippen LogP contribution in [0.2, 0.25) is 5.15 Å². The maximum Gasteiger partial charge on any atom is 0.302 e. The summed E-state index contributed by atoms with van der Waals surface area (Å²) in [5.41, 5.74) is 0.867. The van der Waals surface area contributed by atoms with Gasteiger partial charge in [0.1, 0.15) is 30.2 Å². The lowest BCUT2D eigenvalue weighted by molar-refractivity contribution is -0.152. The third-order valence-corrected chi connectivity index (χ3v) is 3.86. The molecule has 2 aromatic heterocycles. The second-order valence-electron chi connectivity index (χ2n) is 4.92. The molecule has 1 aliphatic rings. The SMILES string of the molecule is CC(=O)OC1CC(n2cnc3c(Cl)ncnc32)C(O)C1O. The van der Waals surface area contributed by atoms with E-state index in [1.165, 1.54) is 19.6 Å². The van der Waals surface area contributed by atoms with Crippen molar-refractivity contribution in [3.8, 4) is 0 Å². The fourth-order valence-electron chi connectivity index (χ4n) is 2.64. The molecule has 8 nitrogen and oxygen atoms in total. The van der Waals surface area contributed by atoms with Crippen LogP contribution in [0.1, 0.15) is 19.4 Å². The molecule has 1 fully saturated rings. The number of halogens is 1. The number of esters is 1. The van der Waals surface area contributed by atoms with Gasteiger partial charge in [0.15, 0.2) is 10.8 Å². The lowest BCUT2D eigenvalue weighted by Gasteiger charge is -2.17. The van der Waals surface area contributed by atoms with Gasteiger partial charge in [0, 0.05) is 13.3 Å². The Balaban J connectivity index is 1.96. The Hall–Kier alpha value is -1.77. The Morgan fingerprint density at radius 3 is 2.86 bits per heavy atom. The number of carbonyl (C=O) groups is 1. The van der Waals surface area contributed by atoms with Crippen LogP contribution in [0.3, 0.4) is 0 Å². The predicted molar refractivity (Wildman–Crippen MR) is 71.6 cm³/mol. The summed E-state index contributed by atoms with van der Waals surface area (Å²) in [4.78, 5) is 23.1. The van der Waals surface area contributed by atoms with Gasteiger partial charge in [-0.15, -0.1) is 0 Å². The highest BCUT2D eigenvalue weighted by Gasteiger charge is 2.44. The van der Waals surface area contributed by atoms with Crippen LogP contribution in [0.25, 0.3) is 11.2 Å². The lowest BCUT2D eigenvalue weighted by atomic mass is 10.2. The fraction of sp³-hybridized carbons (Fsp3) is 0.500. The molecule has 0 aromatic carbocycles. The Morgan fingerprint density at radius 2 is 2.14 bits per heavy atom. The molecular weight excluding hydrogens is 300 g/mol. The minimum atomic E-state index is -1.16. The van der Waals surface area contributed by atoms with E-state index >= 15 is 0 Å². The summed E-state index contributed by atoms with van der Waals surface area (Å²) in [7, 11) is 0. The summed E-state index contributed by atoms with van der Waals surface area (Å²) >= 11 is 5.93. The summed E-state index contributed by atoms with van der Waals surface area (Å²) in [6, 6.07) is -0.514. The van der Waals surface area contributed by atoms with Crippen molar-refractivity contribution in [3.63, 3.8) is 0 Å². The molecule has 3 rings (SSSR count). The van der Waals surface area contributed by atoms with Crippen molar-refractivity contribution in [1.29, 1.82) is 0 Å². The van der Waals surface area contributed by atoms with Gasteiger partial charge in [0.05, 0.1) is 12.4 Å². The van der Waals surface area contributed by atoms with Crippen molar-refractivity contribution in [2.45, 2.75) is 37.7 Å². The number of fused-ring (bicyclic) bond motifs is 1. The topological polar surface area (TPSA) is 110 Å². The Morgan fingerprint density at radius 1 is 1.38 bits per heavy atom. The maximum absolute atomic E-state index is 11.0. The lowest BCUT2D eigenvalue weighted by Crippen LogP contribution is -2.33. The highest BCUT2D eigenvalue weighted by atomic mass is 35.5. The van der Waals surface area contributed by atoms with Crippen molar-refractivity contribution in [2.24, 2.45) is 0 Å². The molecule has 2 N–H and O–H groups in total. The monoisotopic (exact) mass is 312 g/mol. The van der Waals surface area contributed by atoms with E-state index in [1.807, 2.05) is 0 Å². The standard InChI is InChI=1S/C12H13ClN4O4/c1-5(18)21-7-2-6(9(19)10(7)20)17-4-16-8-11(13)14-3-15-12(8)17/h3-4,6-7,9-10,19-20H,2H2,1H3. The smallest absolute Gasteiger partial charge is 0.302 e. The zero-order valence-electron chi connectivity index (χ0n) is 11.0. The van der Waals surface area contributed by atoms with E-state index in [4.69, 9.17) is 16.3 Å². The highest BCUT2D eigenvalue weighted by molar-refractivity contribution is 6.33. The number of ether oxygens (including phenoxy) is 1. The molecular formula is C12H13ClN4O4. The molecule has 0 aliphatic heterocycles. The van der Waals surface area contributed by atoms with Crippen LogP contribution >= 0.6 is 11.6 Å². The van der Waals surface area contributed by atoms with Crippen molar-refractivity contribution in [2.75, 3.05) is 0 Å². The largest absolute Gasteiger partial charge is 0.460 e. The molecule has 2 heterocycles. The van der Waals surface area contributed by atoms with Gasteiger partial charge in [-0.1, -0.05) is 11.6 Å². The number of imidazole rings is 1. The molecule has 4 atom stereocenters. The summed E-state index contributed by atoms with van der Waals surface area (Å²) in [6.07, 6.45) is 0.00706. The highest BCUT2D eigenvalue weighted by Crippen LogP contribution is 2.35. The van der Waals surface area contributed by atoms with Gasteiger partial charge in [0.2, 0.25) is 0 Å². The minimum Gasteiger partial charge on any atom is -0.460 e. The number of aromatic nitrogens is 4. The second kappa shape index (κ2) is 5.21. The first-order valence-corrected chi connectivity index (χ1v) is 6.73. The molecule has 112 valence electrons. The maximum atomic E-state index is 11.0. The van der Waals surface area contributed by atoms with Crippen LogP contribution in [0.15, 0.2) is 12.7 Å². The molecule has 9 heteroatoms. The molecule has 1 saturated carbocycles. The zero-order valence-corrected chi connectivity index (χ0v) is 11.8. The Labute approximate surface area is 124 Å². The molecule has 0 radical (unpaired) electrons. The predicted octanol–water partition coefficient (Wildman–Crippen LogP) is 0.0780. The van der Waals surface area contributed by atoms with Gasteiger partial charge >= 0.3 is 5.97 Å². The van der Waals surface area contributed by atoms with E-state index in [2.05, 4.69) is 15.0 Å². The van der Waals surface area contributed by atoms with E-state index in [1.54, 1.807) is 4.57 Å². The van der Waals surface area contributed by atoms with Crippen LogP contribution in [-0.2, 0) is 9.53 Å². The molecule has 0 amide bonds. The van der Waals surface area contributed by atoms with Crippen molar-refractivity contribution < 1.29 is 19.7 Å². The van der Waals surface area contributed by atoms with E-state index in [0.29, 0.717) is 11.2 Å². The molecule has 0 saturated heterocycles. The number of carbonyl (C=O) groups excluding carboxylic acids is 1. The number of aliphatic hydroxyl groups is 2. The summed E-state index contributed by atoms with van der Waals surface area (Å²) in [5, 5.41) is 20.4. The quantitative estimate of drug-likeness (QED) is 0.596. The van der Waals surface area contributed by atoms with Gasteiger partial charge < -0.3 is 19.5 Å². The van der Waals surface area contributed by atoms with Crippen molar-refractivity contribution >= 4 is 28.7 Å². The first-order chi connectivity index (χ1) is 9.99.